The molecule has 0 heterocycles. The van der Waals surface area contributed by atoms with Gasteiger partial charge in [0.05, 0.1) is 0 Å². The molecule has 0 saturated carbocycles. The summed E-state index contributed by atoms with van der Waals surface area (Å²) in [5.74, 6) is 0. The van der Waals surface area contributed by atoms with Crippen LogP contribution in [0, 0.1) is 6.92 Å². The number of hydrogen-bond acceptors (Lipinski definition) is 0. The van der Waals surface area contributed by atoms with Crippen molar-refractivity contribution in [2.75, 3.05) is 0 Å². The molecule has 0 atom stereocenters. The summed E-state index contributed by atoms with van der Waals surface area (Å²) in [6.45, 7) is 2.07. The summed E-state index contributed by atoms with van der Waals surface area (Å²) in [5.41, 5.74) is 1.28. The molecular weight excluding hydrogens is 163 g/mol. The Morgan fingerprint density at radius 3 is 2.25 bits per heavy atom. The molecule has 0 radical (unpaired) electrons. The van der Waals surface area contributed by atoms with Crippen molar-refractivity contribution in [3.63, 3.8) is 0 Å². The van der Waals surface area contributed by atoms with Gasteiger partial charge in [-0.05, 0) is 18.6 Å². The molecule has 0 saturated heterocycles. The zero-order valence-electron chi connectivity index (χ0n) is 4.69. The third-order valence-corrected chi connectivity index (χ3v) is 1.97. The van der Waals surface area contributed by atoms with E-state index in [-0.39, 0.29) is 0 Å². The second-order valence-electron chi connectivity index (χ2n) is 1.75. The van der Waals surface area contributed by atoms with Crippen molar-refractivity contribution >= 4 is 15.9 Å². The zero-order chi connectivity index (χ0) is 5.98. The molecule has 0 N–H and O–H groups in total. The van der Waals surface area contributed by atoms with Crippen LogP contribution in [0.4, 0.5) is 0 Å². The molecule has 0 unspecified atom stereocenters. The smallest absolute Gasteiger partial charge is 0.0204 e. The lowest BCUT2D eigenvalue weighted by molar-refractivity contribution is 1.43. The van der Waals surface area contributed by atoms with E-state index in [2.05, 4.69) is 28.9 Å². The monoisotopic (exact) mass is 169 g/mol. The number of benzene rings is 1. The van der Waals surface area contributed by atoms with E-state index in [0.29, 0.717) is 0 Å². The molecule has 0 aliphatic heterocycles. The maximum Gasteiger partial charge on any atom is 0.0204 e. The van der Waals surface area contributed by atoms with E-state index in [1.807, 2.05) is 18.2 Å². The maximum atomic E-state index is 3.40. The molecule has 0 fully saturated rings. The van der Waals surface area contributed by atoms with Gasteiger partial charge in [-0.1, -0.05) is 34.1 Å². The van der Waals surface area contributed by atoms with E-state index >= 15 is 0 Å². The first-order valence-electron chi connectivity index (χ1n) is 2.52. The molecule has 1 aromatic carbocycles. The standard InChI is InChI=1S/C7H7Br/c1-6-4-2-3-5-7(6)8/h2-5H,1H3/i1-1. The van der Waals surface area contributed by atoms with E-state index in [1.165, 1.54) is 10.0 Å². The highest BCUT2D eigenvalue weighted by molar-refractivity contribution is 9.10. The Bertz CT molecular complexity index is 160. The molecule has 8 heavy (non-hydrogen) atoms. The lowest BCUT2D eigenvalue weighted by Crippen LogP contribution is -1.69. The van der Waals surface area contributed by atoms with E-state index in [9.17, 15) is 0 Å². The molecule has 1 aromatic rings. The van der Waals surface area contributed by atoms with Crippen molar-refractivity contribution < 1.29 is 0 Å². The van der Waals surface area contributed by atoms with Crippen LogP contribution in [0.15, 0.2) is 28.7 Å². The fourth-order valence-electron chi connectivity index (χ4n) is 0.551. The summed E-state index contributed by atoms with van der Waals surface area (Å²) in [6.07, 6.45) is 0. The molecule has 1 rings (SSSR count). The maximum absolute atomic E-state index is 3.40. The van der Waals surface area contributed by atoms with Crippen LogP contribution in [0.1, 0.15) is 5.56 Å². The summed E-state index contributed by atoms with van der Waals surface area (Å²) in [6, 6.07) is 8.15. The van der Waals surface area contributed by atoms with Crippen molar-refractivity contribution in [2.45, 2.75) is 6.92 Å². The van der Waals surface area contributed by atoms with Crippen LogP contribution in [-0.4, -0.2) is 0 Å². The SMILES string of the molecule is [11CH3]c1ccccc1Br. The Morgan fingerprint density at radius 2 is 1.88 bits per heavy atom. The Kier molecular flexibility index (Phi) is 1.69. The second-order valence-corrected chi connectivity index (χ2v) is 2.60. The molecule has 42 valence electrons. The quantitative estimate of drug-likeness (QED) is 0.561. The van der Waals surface area contributed by atoms with Crippen molar-refractivity contribution in [3.05, 3.63) is 34.3 Å². The van der Waals surface area contributed by atoms with Gasteiger partial charge in [0.2, 0.25) is 0 Å². The third kappa shape index (κ3) is 1.10. The van der Waals surface area contributed by atoms with Gasteiger partial charge in [0.15, 0.2) is 0 Å². The summed E-state index contributed by atoms with van der Waals surface area (Å²) in [4.78, 5) is 0. The van der Waals surface area contributed by atoms with Crippen LogP contribution in [0.25, 0.3) is 0 Å². The van der Waals surface area contributed by atoms with Gasteiger partial charge in [0.1, 0.15) is 0 Å². The molecule has 0 aliphatic carbocycles. The molecule has 0 aromatic heterocycles. The van der Waals surface area contributed by atoms with Crippen LogP contribution in [-0.2, 0) is 0 Å². The minimum absolute atomic E-state index is 1.18. The molecule has 1 heteroatoms. The number of hydrogen-bond donors (Lipinski definition) is 0. The molecule has 0 spiro atoms. The molecule has 0 amide bonds. The van der Waals surface area contributed by atoms with E-state index in [4.69, 9.17) is 0 Å². The van der Waals surface area contributed by atoms with E-state index < -0.39 is 0 Å². The Morgan fingerprint density at radius 1 is 1.25 bits per heavy atom. The van der Waals surface area contributed by atoms with Gasteiger partial charge in [-0.2, -0.15) is 0 Å². The topological polar surface area (TPSA) is 0 Å². The summed E-state index contributed by atoms with van der Waals surface area (Å²) in [7, 11) is 0. The first-order chi connectivity index (χ1) is 3.80. The molecule has 0 bridgehead atoms. The number of halogens is 1. The van der Waals surface area contributed by atoms with Crippen LogP contribution in [0.3, 0.4) is 0 Å². The van der Waals surface area contributed by atoms with E-state index in [1.54, 1.807) is 0 Å². The van der Waals surface area contributed by atoms with Gasteiger partial charge >= 0.3 is 0 Å². The first-order valence-corrected chi connectivity index (χ1v) is 3.31. The van der Waals surface area contributed by atoms with Crippen LogP contribution < -0.4 is 0 Å². The average Bonchev–Trinajstić information content (AvgIpc) is 1.77. The summed E-state index contributed by atoms with van der Waals surface area (Å²) < 4.78 is 1.18. The predicted molar refractivity (Wildman–Crippen MR) is 38.9 cm³/mol. The Hall–Kier alpha value is -0.300. The largest absolute Gasteiger partial charge is 0.0619 e. The normalized spacial score (nSPS) is 9.25. The van der Waals surface area contributed by atoms with Gasteiger partial charge < -0.3 is 0 Å². The lowest BCUT2D eigenvalue weighted by atomic mass is 10.0. The minimum Gasteiger partial charge on any atom is -0.0619 e. The van der Waals surface area contributed by atoms with Gasteiger partial charge in [0.25, 0.3) is 0 Å². The van der Waals surface area contributed by atoms with Crippen LogP contribution >= 0.6 is 15.9 Å². The Balaban J connectivity index is 3.13. The van der Waals surface area contributed by atoms with Crippen molar-refractivity contribution in [2.24, 2.45) is 0 Å². The van der Waals surface area contributed by atoms with Gasteiger partial charge in [-0.25, -0.2) is 0 Å². The second kappa shape index (κ2) is 2.31. The molecule has 0 nitrogen and oxygen atoms in total. The van der Waals surface area contributed by atoms with E-state index in [0.717, 1.165) is 0 Å². The number of aryl methyl sites for hydroxylation is 1. The molecular formula is C7H7Br. The van der Waals surface area contributed by atoms with Crippen molar-refractivity contribution in [1.29, 1.82) is 0 Å². The fourth-order valence-corrected chi connectivity index (χ4v) is 0.836. The highest BCUT2D eigenvalue weighted by atomic mass is 79.9. The summed E-state index contributed by atoms with van der Waals surface area (Å²) in [5, 5.41) is 0. The number of rotatable bonds is 0. The van der Waals surface area contributed by atoms with Crippen molar-refractivity contribution in [1.82, 2.24) is 0 Å². The van der Waals surface area contributed by atoms with Crippen LogP contribution in [0.5, 0.6) is 0 Å². The Labute approximate surface area is 57.7 Å². The highest BCUT2D eigenvalue weighted by Crippen LogP contribution is 2.13. The van der Waals surface area contributed by atoms with Crippen LogP contribution in [0.2, 0.25) is 0 Å². The lowest BCUT2D eigenvalue weighted by Gasteiger charge is -1.91. The van der Waals surface area contributed by atoms with Gasteiger partial charge in [0, 0.05) is 4.47 Å². The zero-order valence-corrected chi connectivity index (χ0v) is 6.27. The van der Waals surface area contributed by atoms with Gasteiger partial charge in [-0.3, -0.25) is 0 Å². The summed E-state index contributed by atoms with van der Waals surface area (Å²) >= 11 is 3.40. The van der Waals surface area contributed by atoms with Crippen molar-refractivity contribution in [3.8, 4) is 0 Å². The highest BCUT2D eigenvalue weighted by Gasteiger charge is 1.85. The molecule has 0 aliphatic rings. The minimum atomic E-state index is 1.18. The fraction of sp³-hybridized carbons (Fsp3) is 0.143. The first kappa shape index (κ1) is 5.83. The predicted octanol–water partition coefficient (Wildman–Crippen LogP) is 2.76. The average molecular weight is 170 g/mol. The van der Waals surface area contributed by atoms with Gasteiger partial charge in [-0.15, -0.1) is 0 Å². The third-order valence-electron chi connectivity index (χ3n) is 1.08.